The Hall–Kier alpha value is -2.79. The molecule has 150 valence electrons. The summed E-state index contributed by atoms with van der Waals surface area (Å²) in [4.78, 5) is 15.0. The lowest BCUT2D eigenvalue weighted by Crippen LogP contribution is -2.32. The number of piperidine rings is 1. The Morgan fingerprint density at radius 2 is 1.76 bits per heavy atom. The van der Waals surface area contributed by atoms with Gasteiger partial charge in [-0.25, -0.2) is 8.78 Å². The van der Waals surface area contributed by atoms with Crippen LogP contribution in [0.4, 0.5) is 8.78 Å². The highest BCUT2D eigenvalue weighted by Crippen LogP contribution is 2.24. The number of likely N-dealkylation sites (tertiary alicyclic amines) is 1. The van der Waals surface area contributed by atoms with E-state index in [1.54, 1.807) is 18.3 Å². The molecule has 29 heavy (non-hydrogen) atoms. The minimum Gasteiger partial charge on any atom is -0.350 e. The molecule has 1 fully saturated rings. The summed E-state index contributed by atoms with van der Waals surface area (Å²) in [5.41, 5.74) is 2.49. The highest BCUT2D eigenvalue weighted by molar-refractivity contribution is 6.13. The van der Waals surface area contributed by atoms with Crippen LogP contribution in [0.15, 0.2) is 60.8 Å². The van der Waals surface area contributed by atoms with Crippen LogP contribution >= 0.6 is 0 Å². The molecule has 0 unspecified atom stereocenters. The molecular formula is C24H24F2N2O. The van der Waals surface area contributed by atoms with E-state index < -0.39 is 0 Å². The number of fused-ring (bicyclic) bond motifs is 1. The van der Waals surface area contributed by atoms with E-state index in [2.05, 4.69) is 4.90 Å². The molecule has 1 saturated heterocycles. The zero-order valence-corrected chi connectivity index (χ0v) is 16.4. The third kappa shape index (κ3) is 4.46. The Bertz CT molecular complexity index is 1040. The molecule has 0 spiro atoms. The minimum atomic E-state index is -0.338. The third-order valence-corrected chi connectivity index (χ3v) is 5.69. The lowest BCUT2D eigenvalue weighted by molar-refractivity contribution is 0.104. The van der Waals surface area contributed by atoms with Crippen molar-refractivity contribution in [3.05, 3.63) is 83.6 Å². The van der Waals surface area contributed by atoms with Gasteiger partial charge in [0.25, 0.3) is 0 Å². The van der Waals surface area contributed by atoms with Crippen molar-refractivity contribution in [3.8, 4) is 0 Å². The highest BCUT2D eigenvalue weighted by atomic mass is 19.1. The SMILES string of the molecule is Cn1cc(C(=O)/C=C/C2CCN(Cc3ccc(F)cc3)CC2)c2cc(F)ccc21. The van der Waals surface area contributed by atoms with Crippen molar-refractivity contribution >= 4 is 16.7 Å². The van der Waals surface area contributed by atoms with Crippen molar-refractivity contribution in [1.82, 2.24) is 9.47 Å². The van der Waals surface area contributed by atoms with Gasteiger partial charge in [0.05, 0.1) is 0 Å². The van der Waals surface area contributed by atoms with Gasteiger partial charge >= 0.3 is 0 Å². The van der Waals surface area contributed by atoms with E-state index in [1.807, 2.05) is 29.8 Å². The van der Waals surface area contributed by atoms with Gasteiger partial charge in [0, 0.05) is 36.3 Å². The molecule has 0 aliphatic carbocycles. The normalized spacial score (nSPS) is 16.1. The molecule has 5 heteroatoms. The van der Waals surface area contributed by atoms with Crippen molar-refractivity contribution in [3.63, 3.8) is 0 Å². The second-order valence-electron chi connectivity index (χ2n) is 7.78. The number of nitrogens with zero attached hydrogens (tertiary/aromatic N) is 2. The number of hydrogen-bond acceptors (Lipinski definition) is 2. The summed E-state index contributed by atoms with van der Waals surface area (Å²) in [6.07, 6.45) is 7.36. The summed E-state index contributed by atoms with van der Waals surface area (Å²) in [5.74, 6) is -0.281. The molecule has 3 aromatic rings. The number of carbonyl (C=O) groups excluding carboxylic acids is 1. The maximum Gasteiger partial charge on any atom is 0.187 e. The molecule has 2 heterocycles. The number of rotatable bonds is 5. The minimum absolute atomic E-state index is 0.0880. The fourth-order valence-electron chi connectivity index (χ4n) is 4.03. The molecular weight excluding hydrogens is 370 g/mol. The van der Waals surface area contributed by atoms with Gasteiger partial charge in [-0.2, -0.15) is 0 Å². The second-order valence-corrected chi connectivity index (χ2v) is 7.78. The number of benzene rings is 2. The second kappa shape index (κ2) is 8.29. The molecule has 1 aliphatic rings. The Morgan fingerprint density at radius 1 is 1.07 bits per heavy atom. The number of aromatic nitrogens is 1. The van der Waals surface area contributed by atoms with Gasteiger partial charge in [0.1, 0.15) is 11.6 Å². The lowest BCUT2D eigenvalue weighted by Gasteiger charge is -2.30. The van der Waals surface area contributed by atoms with Gasteiger partial charge in [0.15, 0.2) is 5.78 Å². The van der Waals surface area contributed by atoms with E-state index in [4.69, 9.17) is 0 Å². The predicted octanol–water partition coefficient (Wildman–Crippen LogP) is 5.11. The monoisotopic (exact) mass is 394 g/mol. The van der Waals surface area contributed by atoms with Crippen LogP contribution < -0.4 is 0 Å². The summed E-state index contributed by atoms with van der Waals surface area (Å²) in [5, 5.41) is 0.649. The van der Waals surface area contributed by atoms with E-state index in [-0.39, 0.29) is 17.4 Å². The smallest absolute Gasteiger partial charge is 0.187 e. The van der Waals surface area contributed by atoms with Gasteiger partial charge in [-0.15, -0.1) is 0 Å². The van der Waals surface area contributed by atoms with E-state index in [1.165, 1.54) is 24.3 Å². The molecule has 4 rings (SSSR count). The Labute approximate surface area is 169 Å². The molecule has 0 amide bonds. The summed E-state index contributed by atoms with van der Waals surface area (Å²) >= 11 is 0. The van der Waals surface area contributed by atoms with E-state index >= 15 is 0 Å². The molecule has 1 aromatic heterocycles. The number of allylic oxidation sites excluding steroid dienone is 2. The largest absolute Gasteiger partial charge is 0.350 e. The number of carbonyl (C=O) groups is 1. The molecule has 0 bridgehead atoms. The Morgan fingerprint density at radius 3 is 2.48 bits per heavy atom. The Kier molecular flexibility index (Phi) is 5.58. The summed E-state index contributed by atoms with van der Waals surface area (Å²) < 4.78 is 28.5. The first-order chi connectivity index (χ1) is 14.0. The number of aryl methyl sites for hydroxylation is 1. The molecule has 0 radical (unpaired) electrons. The number of hydrogen-bond donors (Lipinski definition) is 0. The van der Waals surface area contributed by atoms with Crippen molar-refractivity contribution in [1.29, 1.82) is 0 Å². The summed E-state index contributed by atoms with van der Waals surface area (Å²) in [6.45, 7) is 2.71. The Balaban J connectivity index is 1.36. The van der Waals surface area contributed by atoms with Crippen LogP contribution in [0.1, 0.15) is 28.8 Å². The average molecular weight is 394 g/mol. The number of ketones is 1. The van der Waals surface area contributed by atoms with Crippen LogP contribution in [0, 0.1) is 17.6 Å². The van der Waals surface area contributed by atoms with Crippen LogP contribution in [0.5, 0.6) is 0 Å². The van der Waals surface area contributed by atoms with Crippen LogP contribution in [0.25, 0.3) is 10.9 Å². The predicted molar refractivity (Wildman–Crippen MR) is 111 cm³/mol. The molecule has 0 N–H and O–H groups in total. The zero-order valence-electron chi connectivity index (χ0n) is 16.4. The first-order valence-electron chi connectivity index (χ1n) is 9.93. The van der Waals surface area contributed by atoms with Gasteiger partial charge in [-0.3, -0.25) is 9.69 Å². The fraction of sp³-hybridized carbons (Fsp3) is 0.292. The third-order valence-electron chi connectivity index (χ3n) is 5.69. The van der Waals surface area contributed by atoms with Gasteiger partial charge in [-0.05, 0) is 73.8 Å². The highest BCUT2D eigenvalue weighted by Gasteiger charge is 2.18. The maximum absolute atomic E-state index is 13.6. The van der Waals surface area contributed by atoms with Gasteiger partial charge in [0.2, 0.25) is 0 Å². The van der Waals surface area contributed by atoms with Crippen LogP contribution in [-0.4, -0.2) is 28.3 Å². The fourth-order valence-corrected chi connectivity index (χ4v) is 4.03. The molecule has 2 aromatic carbocycles. The van der Waals surface area contributed by atoms with E-state index in [0.29, 0.717) is 16.9 Å². The maximum atomic E-state index is 13.6. The molecule has 1 aliphatic heterocycles. The van der Waals surface area contributed by atoms with Crippen LogP contribution in [0.2, 0.25) is 0 Å². The van der Waals surface area contributed by atoms with E-state index in [0.717, 1.165) is 43.6 Å². The van der Waals surface area contributed by atoms with Crippen LogP contribution in [0.3, 0.4) is 0 Å². The van der Waals surface area contributed by atoms with E-state index in [9.17, 15) is 13.6 Å². The molecule has 3 nitrogen and oxygen atoms in total. The zero-order chi connectivity index (χ0) is 20.4. The van der Waals surface area contributed by atoms with Gasteiger partial charge in [-0.1, -0.05) is 18.2 Å². The van der Waals surface area contributed by atoms with Crippen molar-refractivity contribution in [2.24, 2.45) is 13.0 Å². The quantitative estimate of drug-likeness (QED) is 0.444. The summed E-state index contributed by atoms with van der Waals surface area (Å²) in [7, 11) is 1.86. The lowest BCUT2D eigenvalue weighted by atomic mass is 9.95. The molecule has 0 saturated carbocycles. The van der Waals surface area contributed by atoms with Crippen molar-refractivity contribution < 1.29 is 13.6 Å². The van der Waals surface area contributed by atoms with Gasteiger partial charge < -0.3 is 4.57 Å². The summed E-state index contributed by atoms with van der Waals surface area (Å²) in [6, 6.07) is 11.2. The average Bonchev–Trinajstić information content (AvgIpc) is 3.05. The number of halogens is 2. The topological polar surface area (TPSA) is 25.2 Å². The van der Waals surface area contributed by atoms with Crippen molar-refractivity contribution in [2.45, 2.75) is 19.4 Å². The molecule has 0 atom stereocenters. The van der Waals surface area contributed by atoms with Crippen molar-refractivity contribution in [2.75, 3.05) is 13.1 Å². The first kappa shape index (κ1) is 19.5. The first-order valence-corrected chi connectivity index (χ1v) is 9.93. The standard InChI is InChI=1S/C24H24F2N2O/c1-27-16-22(21-14-20(26)7-8-23(21)27)24(29)9-4-17-10-12-28(13-11-17)15-18-2-5-19(25)6-3-18/h2-9,14,16-17H,10-13,15H2,1H3/b9-4+. The van der Waals surface area contributed by atoms with Crippen LogP contribution in [-0.2, 0) is 13.6 Å².